The van der Waals surface area contributed by atoms with Crippen LogP contribution in [-0.4, -0.2) is 17.6 Å². The summed E-state index contributed by atoms with van der Waals surface area (Å²) in [5.41, 5.74) is 1.16. The summed E-state index contributed by atoms with van der Waals surface area (Å²) in [5.74, 6) is -0.217. The Balaban J connectivity index is 1.60. The van der Waals surface area contributed by atoms with E-state index >= 15 is 0 Å². The van der Waals surface area contributed by atoms with Crippen molar-refractivity contribution in [1.82, 2.24) is 5.32 Å². The lowest BCUT2D eigenvalue weighted by atomic mass is 10.2. The van der Waals surface area contributed by atoms with Gasteiger partial charge in [0, 0.05) is 21.9 Å². The molecule has 1 unspecified atom stereocenters. The molecule has 0 aliphatic carbocycles. The first kappa shape index (κ1) is 15.7. The van der Waals surface area contributed by atoms with Crippen LogP contribution in [0.3, 0.4) is 0 Å². The zero-order chi connectivity index (χ0) is 15.5. The van der Waals surface area contributed by atoms with Gasteiger partial charge in [-0.1, -0.05) is 11.6 Å². The SMILES string of the molecule is O=C(NCC(O)c1ccc(-c2ccsc2)s1)c1ccc(Cl)s1. The van der Waals surface area contributed by atoms with Crippen LogP contribution in [0.4, 0.5) is 0 Å². The Kier molecular flexibility index (Phi) is 4.95. The lowest BCUT2D eigenvalue weighted by Crippen LogP contribution is -2.27. The number of carbonyl (C=O) groups excluding carboxylic acids is 1. The fourth-order valence-corrected chi connectivity index (χ4v) is 4.59. The Morgan fingerprint density at radius 3 is 2.77 bits per heavy atom. The molecule has 0 aromatic carbocycles. The van der Waals surface area contributed by atoms with Gasteiger partial charge in [-0.15, -0.1) is 22.7 Å². The van der Waals surface area contributed by atoms with Crippen LogP contribution in [0.15, 0.2) is 41.1 Å². The van der Waals surface area contributed by atoms with Gasteiger partial charge in [0.05, 0.1) is 9.21 Å². The van der Waals surface area contributed by atoms with E-state index in [1.807, 2.05) is 17.5 Å². The molecule has 0 bridgehead atoms. The third-order valence-corrected chi connectivity index (χ3v) is 6.16. The average Bonchev–Trinajstić information content (AvgIpc) is 3.23. The predicted octanol–water partition coefficient (Wildman–Crippen LogP) is 4.65. The van der Waals surface area contributed by atoms with Crippen molar-refractivity contribution in [3.8, 4) is 10.4 Å². The Bertz CT molecular complexity index is 763. The topological polar surface area (TPSA) is 49.3 Å². The Morgan fingerprint density at radius 1 is 1.23 bits per heavy atom. The fourth-order valence-electron chi connectivity index (χ4n) is 1.91. The molecule has 7 heteroatoms. The highest BCUT2D eigenvalue weighted by molar-refractivity contribution is 7.18. The summed E-state index contributed by atoms with van der Waals surface area (Å²) in [5, 5.41) is 17.0. The minimum atomic E-state index is -0.711. The summed E-state index contributed by atoms with van der Waals surface area (Å²) >= 11 is 10.2. The lowest BCUT2D eigenvalue weighted by molar-refractivity contribution is 0.0922. The largest absolute Gasteiger partial charge is 0.386 e. The molecule has 1 atom stereocenters. The third-order valence-electron chi connectivity index (χ3n) is 3.01. The summed E-state index contributed by atoms with van der Waals surface area (Å²) in [7, 11) is 0. The van der Waals surface area contributed by atoms with Gasteiger partial charge in [0.1, 0.15) is 6.10 Å². The molecule has 3 heterocycles. The molecule has 22 heavy (non-hydrogen) atoms. The first-order valence-electron chi connectivity index (χ1n) is 6.47. The van der Waals surface area contributed by atoms with Crippen molar-refractivity contribution >= 4 is 51.5 Å². The van der Waals surface area contributed by atoms with Crippen LogP contribution in [0.1, 0.15) is 20.7 Å². The van der Waals surface area contributed by atoms with E-state index in [2.05, 4.69) is 16.8 Å². The number of nitrogens with one attached hydrogen (secondary N) is 1. The van der Waals surface area contributed by atoms with Gasteiger partial charge in [-0.05, 0) is 41.1 Å². The smallest absolute Gasteiger partial charge is 0.261 e. The van der Waals surface area contributed by atoms with Crippen molar-refractivity contribution in [2.45, 2.75) is 6.10 Å². The number of aliphatic hydroxyl groups excluding tert-OH is 1. The summed E-state index contributed by atoms with van der Waals surface area (Å²) in [6.07, 6.45) is -0.711. The van der Waals surface area contributed by atoms with Crippen molar-refractivity contribution in [1.29, 1.82) is 0 Å². The van der Waals surface area contributed by atoms with Crippen molar-refractivity contribution < 1.29 is 9.90 Å². The summed E-state index contributed by atoms with van der Waals surface area (Å²) < 4.78 is 0.573. The molecule has 3 aromatic rings. The first-order chi connectivity index (χ1) is 10.6. The highest BCUT2D eigenvalue weighted by Crippen LogP contribution is 2.32. The summed E-state index contributed by atoms with van der Waals surface area (Å²) in [6, 6.07) is 9.30. The Labute approximate surface area is 144 Å². The zero-order valence-corrected chi connectivity index (χ0v) is 14.5. The molecule has 0 aliphatic heterocycles. The number of hydrogen-bond acceptors (Lipinski definition) is 5. The predicted molar refractivity (Wildman–Crippen MR) is 94.3 cm³/mol. The summed E-state index contributed by atoms with van der Waals surface area (Å²) in [4.78, 5) is 14.4. The zero-order valence-electron chi connectivity index (χ0n) is 11.3. The normalized spacial score (nSPS) is 12.3. The summed E-state index contributed by atoms with van der Waals surface area (Å²) in [6.45, 7) is 0.179. The van der Waals surface area contributed by atoms with Gasteiger partial charge in [0.2, 0.25) is 0 Å². The Morgan fingerprint density at radius 2 is 2.09 bits per heavy atom. The van der Waals surface area contributed by atoms with Gasteiger partial charge < -0.3 is 10.4 Å². The third kappa shape index (κ3) is 3.59. The van der Waals surface area contributed by atoms with Crippen LogP contribution in [0.2, 0.25) is 4.34 Å². The quantitative estimate of drug-likeness (QED) is 0.687. The first-order valence-corrected chi connectivity index (χ1v) is 9.43. The van der Waals surface area contributed by atoms with Gasteiger partial charge in [0.25, 0.3) is 5.91 Å². The second kappa shape index (κ2) is 6.93. The number of hydrogen-bond donors (Lipinski definition) is 2. The molecular weight excluding hydrogens is 358 g/mol. The van der Waals surface area contributed by atoms with Crippen LogP contribution in [-0.2, 0) is 0 Å². The Hall–Kier alpha value is -1.18. The minimum absolute atomic E-state index is 0.179. The molecule has 0 fully saturated rings. The van der Waals surface area contributed by atoms with Crippen molar-refractivity contribution in [2.24, 2.45) is 0 Å². The van der Waals surface area contributed by atoms with Gasteiger partial charge in [-0.3, -0.25) is 4.79 Å². The molecule has 3 rings (SSSR count). The van der Waals surface area contributed by atoms with Gasteiger partial charge in [-0.2, -0.15) is 11.3 Å². The van der Waals surface area contributed by atoms with Crippen LogP contribution in [0, 0.1) is 0 Å². The van der Waals surface area contributed by atoms with E-state index in [9.17, 15) is 9.90 Å². The van der Waals surface area contributed by atoms with E-state index in [1.54, 1.807) is 23.5 Å². The van der Waals surface area contributed by atoms with E-state index in [0.717, 1.165) is 15.3 Å². The minimum Gasteiger partial charge on any atom is -0.386 e. The van der Waals surface area contributed by atoms with Gasteiger partial charge in [-0.25, -0.2) is 0 Å². The maximum Gasteiger partial charge on any atom is 0.261 e. The second-order valence-corrected chi connectivity index (χ2v) is 8.15. The second-order valence-electron chi connectivity index (χ2n) is 4.54. The molecule has 114 valence electrons. The molecule has 0 saturated carbocycles. The maximum absolute atomic E-state index is 11.9. The number of carbonyl (C=O) groups is 1. The van der Waals surface area contributed by atoms with Crippen LogP contribution in [0.25, 0.3) is 10.4 Å². The number of amides is 1. The average molecular weight is 370 g/mol. The molecule has 3 nitrogen and oxygen atoms in total. The molecule has 1 amide bonds. The highest BCUT2D eigenvalue weighted by Gasteiger charge is 2.14. The molecule has 0 radical (unpaired) electrons. The highest BCUT2D eigenvalue weighted by atomic mass is 35.5. The van der Waals surface area contributed by atoms with Crippen LogP contribution in [0.5, 0.6) is 0 Å². The molecule has 0 aliphatic rings. The molecule has 0 spiro atoms. The molecular formula is C15H12ClNO2S3. The van der Waals surface area contributed by atoms with Crippen LogP contribution < -0.4 is 5.32 Å². The van der Waals surface area contributed by atoms with E-state index in [0.29, 0.717) is 9.21 Å². The molecule has 0 saturated heterocycles. The van der Waals surface area contributed by atoms with Gasteiger partial charge in [0.15, 0.2) is 0 Å². The molecule has 2 N–H and O–H groups in total. The van der Waals surface area contributed by atoms with E-state index in [4.69, 9.17) is 11.6 Å². The van der Waals surface area contributed by atoms with Gasteiger partial charge >= 0.3 is 0 Å². The van der Waals surface area contributed by atoms with E-state index < -0.39 is 6.10 Å². The number of rotatable bonds is 5. The van der Waals surface area contributed by atoms with Crippen molar-refractivity contribution in [2.75, 3.05) is 6.54 Å². The number of halogens is 1. The molecule has 3 aromatic heterocycles. The van der Waals surface area contributed by atoms with E-state index in [-0.39, 0.29) is 12.5 Å². The maximum atomic E-state index is 11.9. The number of aliphatic hydroxyl groups is 1. The fraction of sp³-hybridized carbons (Fsp3) is 0.133. The van der Waals surface area contributed by atoms with Crippen molar-refractivity contribution in [3.05, 3.63) is 55.2 Å². The van der Waals surface area contributed by atoms with E-state index in [1.165, 1.54) is 22.7 Å². The monoisotopic (exact) mass is 369 g/mol. The van der Waals surface area contributed by atoms with Crippen LogP contribution >= 0.6 is 45.6 Å². The van der Waals surface area contributed by atoms with Crippen molar-refractivity contribution in [3.63, 3.8) is 0 Å². The lowest BCUT2D eigenvalue weighted by Gasteiger charge is -2.09. The number of thiophene rings is 3. The standard InChI is InChI=1S/C15H12ClNO2S3/c16-14-4-3-13(22-14)15(19)17-7-10(18)12-2-1-11(21-12)9-5-6-20-8-9/h1-6,8,10,18H,7H2,(H,17,19).